The third kappa shape index (κ3) is 4.56. The molecule has 6 nitrogen and oxygen atoms in total. The number of benzene rings is 1. The van der Waals surface area contributed by atoms with Crippen molar-refractivity contribution in [1.29, 1.82) is 5.26 Å². The minimum Gasteiger partial charge on any atom is -0.486 e. The van der Waals surface area contributed by atoms with Gasteiger partial charge < -0.3 is 9.15 Å². The maximum atomic E-state index is 9.04. The highest BCUT2D eigenvalue weighted by atomic mass is 35.5. The van der Waals surface area contributed by atoms with Crippen molar-refractivity contribution in [2.45, 2.75) is 30.5 Å². The summed E-state index contributed by atoms with van der Waals surface area (Å²) >= 11 is 7.23. The van der Waals surface area contributed by atoms with Gasteiger partial charge in [0.25, 0.3) is 0 Å². The first-order valence-electron chi connectivity index (χ1n) is 7.55. The Hall–Kier alpha value is -2.43. The summed E-state index contributed by atoms with van der Waals surface area (Å²) in [4.78, 5) is 0. The van der Waals surface area contributed by atoms with E-state index in [2.05, 4.69) is 16.3 Å². The Morgan fingerprint density at radius 3 is 2.80 bits per heavy atom. The second-order valence-electron chi connectivity index (χ2n) is 5.20. The number of aromatic nitrogens is 3. The molecule has 25 heavy (non-hydrogen) atoms. The molecule has 3 rings (SSSR count). The fraction of sp³-hybridized carbons (Fsp3) is 0.235. The Bertz CT molecular complexity index is 856. The van der Waals surface area contributed by atoms with Gasteiger partial charge >= 0.3 is 0 Å². The molecule has 0 unspecified atom stereocenters. The van der Waals surface area contributed by atoms with Crippen LogP contribution in [0.15, 0.2) is 52.2 Å². The van der Waals surface area contributed by atoms with E-state index in [4.69, 9.17) is 26.0 Å². The lowest BCUT2D eigenvalue weighted by atomic mass is 10.3. The molecule has 2 heterocycles. The molecule has 0 radical (unpaired) electrons. The number of halogens is 1. The molecule has 1 aromatic carbocycles. The van der Waals surface area contributed by atoms with E-state index >= 15 is 0 Å². The van der Waals surface area contributed by atoms with Crippen LogP contribution in [0.4, 0.5) is 0 Å². The molecule has 0 saturated carbocycles. The molecular formula is C17H15ClN4O2S. The Morgan fingerprint density at radius 1 is 1.32 bits per heavy atom. The van der Waals surface area contributed by atoms with Crippen LogP contribution in [0.5, 0.6) is 5.75 Å². The molecule has 128 valence electrons. The van der Waals surface area contributed by atoms with Crippen LogP contribution in [0.1, 0.15) is 18.5 Å². The van der Waals surface area contributed by atoms with E-state index in [0.717, 1.165) is 5.76 Å². The van der Waals surface area contributed by atoms with E-state index in [-0.39, 0.29) is 11.9 Å². The normalized spacial score (nSPS) is 11.9. The molecular weight excluding hydrogens is 360 g/mol. The van der Waals surface area contributed by atoms with Gasteiger partial charge in [-0.1, -0.05) is 23.4 Å². The van der Waals surface area contributed by atoms with Crippen LogP contribution < -0.4 is 4.74 Å². The molecule has 0 bridgehead atoms. The van der Waals surface area contributed by atoms with Crippen LogP contribution >= 0.6 is 23.4 Å². The van der Waals surface area contributed by atoms with Crippen molar-refractivity contribution in [1.82, 2.24) is 14.8 Å². The van der Waals surface area contributed by atoms with E-state index < -0.39 is 0 Å². The van der Waals surface area contributed by atoms with Crippen LogP contribution in [-0.2, 0) is 13.2 Å². The zero-order valence-electron chi connectivity index (χ0n) is 13.4. The van der Waals surface area contributed by atoms with Gasteiger partial charge in [-0.3, -0.25) is 4.57 Å². The summed E-state index contributed by atoms with van der Waals surface area (Å²) in [6.45, 7) is 2.54. The minimum absolute atomic E-state index is 0.232. The molecule has 0 amide bonds. The van der Waals surface area contributed by atoms with Gasteiger partial charge in [-0.25, -0.2) is 0 Å². The Kier molecular flexibility index (Phi) is 5.64. The highest BCUT2D eigenvalue weighted by Crippen LogP contribution is 2.24. The predicted molar refractivity (Wildman–Crippen MR) is 94.5 cm³/mol. The highest BCUT2D eigenvalue weighted by molar-refractivity contribution is 8.00. The average Bonchev–Trinajstić information content (AvgIpc) is 3.26. The van der Waals surface area contributed by atoms with Crippen LogP contribution in [0, 0.1) is 11.3 Å². The molecule has 0 spiro atoms. The molecule has 0 aliphatic rings. The third-order valence-electron chi connectivity index (χ3n) is 3.33. The van der Waals surface area contributed by atoms with Crippen molar-refractivity contribution in [2.75, 3.05) is 0 Å². The van der Waals surface area contributed by atoms with Gasteiger partial charge in [-0.2, -0.15) is 5.26 Å². The molecule has 8 heteroatoms. The smallest absolute Gasteiger partial charge is 0.193 e. The summed E-state index contributed by atoms with van der Waals surface area (Å²) in [7, 11) is 0. The standard InChI is InChI=1S/C17H15ClN4O2S/c1-12(9-19)25-17-21-20-16(22(17)10-15-3-2-8-23-15)11-24-14-6-4-13(18)5-7-14/h2-8,12H,10-11H2,1H3/t12-/m0/s1. The number of hydrogen-bond acceptors (Lipinski definition) is 6. The molecule has 0 fully saturated rings. The maximum Gasteiger partial charge on any atom is 0.193 e. The lowest BCUT2D eigenvalue weighted by Crippen LogP contribution is -2.10. The topological polar surface area (TPSA) is 76.9 Å². The van der Waals surface area contributed by atoms with Crippen molar-refractivity contribution in [3.8, 4) is 11.8 Å². The van der Waals surface area contributed by atoms with Crippen molar-refractivity contribution >= 4 is 23.4 Å². The molecule has 0 aliphatic carbocycles. The van der Waals surface area contributed by atoms with E-state index in [1.807, 2.05) is 23.6 Å². The SMILES string of the molecule is C[C@@H](C#N)Sc1nnc(COc2ccc(Cl)cc2)n1Cc1ccco1. The summed E-state index contributed by atoms with van der Waals surface area (Å²) in [5.41, 5.74) is 0. The maximum absolute atomic E-state index is 9.04. The predicted octanol–water partition coefficient (Wildman–Crippen LogP) is 4.16. The third-order valence-corrected chi connectivity index (χ3v) is 4.56. The lowest BCUT2D eigenvalue weighted by Gasteiger charge is -2.10. The van der Waals surface area contributed by atoms with E-state index in [9.17, 15) is 0 Å². The van der Waals surface area contributed by atoms with Crippen molar-refractivity contribution in [2.24, 2.45) is 0 Å². The van der Waals surface area contributed by atoms with Gasteiger partial charge in [0.05, 0.1) is 24.1 Å². The molecule has 1 atom stereocenters. The largest absolute Gasteiger partial charge is 0.486 e. The van der Waals surface area contributed by atoms with Gasteiger partial charge in [-0.15, -0.1) is 10.2 Å². The Labute approximate surface area is 154 Å². The average molecular weight is 375 g/mol. The highest BCUT2D eigenvalue weighted by Gasteiger charge is 2.17. The molecule has 0 saturated heterocycles. The first kappa shape index (κ1) is 17.4. The van der Waals surface area contributed by atoms with Crippen LogP contribution in [0.25, 0.3) is 0 Å². The number of hydrogen-bond donors (Lipinski definition) is 0. The van der Waals surface area contributed by atoms with Crippen LogP contribution in [0.2, 0.25) is 5.02 Å². The van der Waals surface area contributed by atoms with Crippen molar-refractivity contribution in [3.05, 3.63) is 59.3 Å². The van der Waals surface area contributed by atoms with Gasteiger partial charge in [-0.05, 0) is 43.3 Å². The fourth-order valence-corrected chi connectivity index (χ4v) is 2.97. The zero-order valence-corrected chi connectivity index (χ0v) is 15.0. The first-order chi connectivity index (χ1) is 12.2. The second kappa shape index (κ2) is 8.10. The minimum atomic E-state index is -0.232. The molecule has 0 N–H and O–H groups in total. The summed E-state index contributed by atoms with van der Waals surface area (Å²) < 4.78 is 13.1. The summed E-state index contributed by atoms with van der Waals surface area (Å²) in [6.07, 6.45) is 1.62. The van der Waals surface area contributed by atoms with E-state index in [1.165, 1.54) is 11.8 Å². The number of rotatable bonds is 7. The van der Waals surface area contributed by atoms with Gasteiger partial charge in [0.2, 0.25) is 0 Å². The quantitative estimate of drug-likeness (QED) is 0.578. The van der Waals surface area contributed by atoms with Gasteiger partial charge in [0, 0.05) is 5.02 Å². The Morgan fingerprint density at radius 2 is 2.12 bits per heavy atom. The van der Waals surface area contributed by atoms with E-state index in [0.29, 0.717) is 28.3 Å². The Balaban J connectivity index is 1.79. The summed E-state index contributed by atoms with van der Waals surface area (Å²) in [5, 5.41) is 18.5. The molecule has 2 aromatic heterocycles. The summed E-state index contributed by atoms with van der Waals surface area (Å²) in [5.74, 6) is 2.12. The monoisotopic (exact) mass is 374 g/mol. The van der Waals surface area contributed by atoms with Gasteiger partial charge in [0.15, 0.2) is 11.0 Å². The lowest BCUT2D eigenvalue weighted by molar-refractivity contribution is 0.287. The van der Waals surface area contributed by atoms with E-state index in [1.54, 1.807) is 30.5 Å². The molecule has 0 aliphatic heterocycles. The number of furan rings is 1. The molecule has 3 aromatic rings. The van der Waals surface area contributed by atoms with Crippen molar-refractivity contribution in [3.63, 3.8) is 0 Å². The zero-order chi connectivity index (χ0) is 17.6. The number of ether oxygens (including phenoxy) is 1. The number of nitrogens with zero attached hydrogens (tertiary/aromatic N) is 4. The fourth-order valence-electron chi connectivity index (χ4n) is 2.09. The second-order valence-corrected chi connectivity index (χ2v) is 6.94. The van der Waals surface area contributed by atoms with Crippen LogP contribution in [0.3, 0.4) is 0 Å². The van der Waals surface area contributed by atoms with Crippen LogP contribution in [-0.4, -0.2) is 20.0 Å². The summed E-state index contributed by atoms with van der Waals surface area (Å²) in [6, 6.07) is 13.0. The first-order valence-corrected chi connectivity index (χ1v) is 8.80. The van der Waals surface area contributed by atoms with Gasteiger partial charge in [0.1, 0.15) is 18.1 Å². The number of nitriles is 1. The number of thioether (sulfide) groups is 1. The van der Waals surface area contributed by atoms with Crippen molar-refractivity contribution < 1.29 is 9.15 Å².